The molecule has 1 saturated carbocycles. The fourth-order valence-electron chi connectivity index (χ4n) is 1.20. The van der Waals surface area contributed by atoms with Crippen LogP contribution >= 0.6 is 23.2 Å². The topological polar surface area (TPSA) is 50.7 Å². The van der Waals surface area contributed by atoms with Crippen molar-refractivity contribution in [3.63, 3.8) is 0 Å². The SMILES string of the molecule is FC(F)(F)C1(Nc2nc(Cl)nc(Cl)n2)CC1. The minimum atomic E-state index is -4.35. The number of nitrogens with zero attached hydrogens (tertiary/aromatic N) is 3. The molecule has 0 saturated heterocycles. The standard InChI is InChI=1S/C7H5Cl2F3N4/c8-3-13-4(9)15-5(14-3)16-6(1-2-6)7(10,11)12/h1-2H2,(H,13,14,15,16). The van der Waals surface area contributed by atoms with Gasteiger partial charge >= 0.3 is 6.18 Å². The lowest BCUT2D eigenvalue weighted by molar-refractivity contribution is -0.151. The van der Waals surface area contributed by atoms with Gasteiger partial charge in [-0.25, -0.2) is 0 Å². The third-order valence-electron chi connectivity index (χ3n) is 2.22. The summed E-state index contributed by atoms with van der Waals surface area (Å²) in [6, 6.07) is 0. The molecule has 2 rings (SSSR count). The van der Waals surface area contributed by atoms with E-state index < -0.39 is 11.7 Å². The normalized spacial score (nSPS) is 18.3. The van der Waals surface area contributed by atoms with Crippen LogP contribution in [0.4, 0.5) is 19.1 Å². The first-order valence-corrected chi connectivity index (χ1v) is 5.00. The maximum Gasteiger partial charge on any atom is 0.411 e. The first-order valence-electron chi connectivity index (χ1n) is 4.24. The number of aromatic nitrogens is 3. The summed E-state index contributed by atoms with van der Waals surface area (Å²) in [5.74, 6) is -0.264. The van der Waals surface area contributed by atoms with Crippen LogP contribution in [0.5, 0.6) is 0 Å². The van der Waals surface area contributed by atoms with Gasteiger partial charge in [0.1, 0.15) is 5.54 Å². The largest absolute Gasteiger partial charge is 0.411 e. The monoisotopic (exact) mass is 272 g/mol. The Labute approximate surface area is 98.2 Å². The third-order valence-corrected chi connectivity index (χ3v) is 2.56. The average molecular weight is 273 g/mol. The van der Waals surface area contributed by atoms with Crippen LogP contribution < -0.4 is 5.32 Å². The lowest BCUT2D eigenvalue weighted by atomic mass is 10.3. The molecule has 0 spiro atoms. The second-order valence-electron chi connectivity index (χ2n) is 3.40. The molecular weight excluding hydrogens is 268 g/mol. The van der Waals surface area contributed by atoms with Crippen molar-refractivity contribution in [1.29, 1.82) is 0 Å². The van der Waals surface area contributed by atoms with Gasteiger partial charge in [0, 0.05) is 0 Å². The molecule has 0 unspecified atom stereocenters. The van der Waals surface area contributed by atoms with E-state index in [9.17, 15) is 13.2 Å². The summed E-state index contributed by atoms with van der Waals surface area (Å²) < 4.78 is 37.7. The molecule has 1 aliphatic carbocycles. The van der Waals surface area contributed by atoms with Gasteiger partial charge in [-0.1, -0.05) is 0 Å². The zero-order valence-electron chi connectivity index (χ0n) is 7.65. The molecule has 0 amide bonds. The van der Waals surface area contributed by atoms with E-state index in [0.717, 1.165) is 0 Å². The van der Waals surface area contributed by atoms with Crippen molar-refractivity contribution in [3.05, 3.63) is 10.6 Å². The molecule has 0 aromatic carbocycles. The molecule has 4 nitrogen and oxygen atoms in total. The van der Waals surface area contributed by atoms with Crippen LogP contribution in [0.2, 0.25) is 10.6 Å². The molecule has 16 heavy (non-hydrogen) atoms. The van der Waals surface area contributed by atoms with Crippen molar-refractivity contribution < 1.29 is 13.2 Å². The van der Waals surface area contributed by atoms with Crippen LogP contribution in [0.1, 0.15) is 12.8 Å². The first-order chi connectivity index (χ1) is 7.32. The van der Waals surface area contributed by atoms with Gasteiger partial charge in [0.2, 0.25) is 16.5 Å². The number of alkyl halides is 3. The van der Waals surface area contributed by atoms with Crippen LogP contribution in [0, 0.1) is 0 Å². The number of nitrogens with one attached hydrogen (secondary N) is 1. The highest BCUT2D eigenvalue weighted by molar-refractivity contribution is 6.31. The van der Waals surface area contributed by atoms with Gasteiger partial charge in [-0.3, -0.25) is 0 Å². The van der Waals surface area contributed by atoms with E-state index in [-0.39, 0.29) is 29.4 Å². The Kier molecular flexibility index (Phi) is 2.62. The second kappa shape index (κ2) is 3.59. The molecule has 1 heterocycles. The van der Waals surface area contributed by atoms with Crippen molar-refractivity contribution in [2.24, 2.45) is 0 Å². The van der Waals surface area contributed by atoms with Gasteiger partial charge in [-0.15, -0.1) is 0 Å². The number of halogens is 5. The number of rotatable bonds is 2. The van der Waals surface area contributed by atoms with Gasteiger partial charge in [-0.2, -0.15) is 28.1 Å². The lowest BCUT2D eigenvalue weighted by Gasteiger charge is -2.20. The third kappa shape index (κ3) is 2.15. The molecule has 1 aromatic heterocycles. The Hall–Kier alpha value is -0.820. The maximum atomic E-state index is 12.6. The predicted molar refractivity (Wildman–Crippen MR) is 51.5 cm³/mol. The zero-order valence-corrected chi connectivity index (χ0v) is 9.16. The molecule has 0 aliphatic heterocycles. The van der Waals surface area contributed by atoms with Gasteiger partial charge in [0.15, 0.2) is 0 Å². The second-order valence-corrected chi connectivity index (χ2v) is 4.08. The molecule has 1 fully saturated rings. The highest BCUT2D eigenvalue weighted by Crippen LogP contribution is 2.50. The Morgan fingerprint density at radius 3 is 1.94 bits per heavy atom. The van der Waals surface area contributed by atoms with E-state index in [2.05, 4.69) is 20.3 Å². The fraction of sp³-hybridized carbons (Fsp3) is 0.571. The molecule has 0 bridgehead atoms. The Bertz CT molecular complexity index is 398. The predicted octanol–water partition coefficient (Wildman–Crippen LogP) is 2.69. The number of hydrogen-bond donors (Lipinski definition) is 1. The molecule has 88 valence electrons. The molecule has 9 heteroatoms. The quantitative estimate of drug-likeness (QED) is 0.900. The van der Waals surface area contributed by atoms with E-state index in [0.29, 0.717) is 0 Å². The van der Waals surface area contributed by atoms with Crippen molar-refractivity contribution >= 4 is 29.2 Å². The number of anilines is 1. The maximum absolute atomic E-state index is 12.6. The molecule has 0 radical (unpaired) electrons. The highest BCUT2D eigenvalue weighted by atomic mass is 35.5. The van der Waals surface area contributed by atoms with E-state index >= 15 is 0 Å². The first kappa shape index (κ1) is 11.7. The van der Waals surface area contributed by atoms with Crippen molar-refractivity contribution in [3.8, 4) is 0 Å². The molecule has 0 atom stereocenters. The van der Waals surface area contributed by atoms with E-state index in [4.69, 9.17) is 23.2 Å². The van der Waals surface area contributed by atoms with Gasteiger partial charge < -0.3 is 5.32 Å². The summed E-state index contributed by atoms with van der Waals surface area (Å²) in [4.78, 5) is 10.5. The van der Waals surface area contributed by atoms with Crippen molar-refractivity contribution in [2.45, 2.75) is 24.6 Å². The molecule has 1 aliphatic rings. The lowest BCUT2D eigenvalue weighted by Crippen LogP contribution is -2.39. The highest BCUT2D eigenvalue weighted by Gasteiger charge is 2.64. The van der Waals surface area contributed by atoms with Crippen LogP contribution in [0.25, 0.3) is 0 Å². The van der Waals surface area contributed by atoms with Crippen LogP contribution in [0.3, 0.4) is 0 Å². The van der Waals surface area contributed by atoms with Crippen molar-refractivity contribution in [1.82, 2.24) is 15.0 Å². The van der Waals surface area contributed by atoms with Crippen LogP contribution in [0.15, 0.2) is 0 Å². The summed E-state index contributed by atoms with van der Waals surface area (Å²) in [5, 5.41) is 1.70. The Balaban J connectivity index is 2.22. The summed E-state index contributed by atoms with van der Waals surface area (Å²) >= 11 is 10.9. The summed E-state index contributed by atoms with van der Waals surface area (Å²) in [7, 11) is 0. The average Bonchev–Trinajstić information content (AvgIpc) is 2.81. The van der Waals surface area contributed by atoms with E-state index in [1.165, 1.54) is 0 Å². The number of hydrogen-bond acceptors (Lipinski definition) is 4. The molecule has 1 N–H and O–H groups in total. The van der Waals surface area contributed by atoms with Crippen molar-refractivity contribution in [2.75, 3.05) is 5.32 Å². The summed E-state index contributed by atoms with van der Waals surface area (Å²) in [6.45, 7) is 0. The molecular formula is C7H5Cl2F3N4. The Morgan fingerprint density at radius 1 is 1.06 bits per heavy atom. The minimum Gasteiger partial charge on any atom is -0.340 e. The van der Waals surface area contributed by atoms with Gasteiger partial charge in [0.05, 0.1) is 0 Å². The minimum absolute atomic E-state index is 0.0164. The smallest absolute Gasteiger partial charge is 0.340 e. The van der Waals surface area contributed by atoms with E-state index in [1.54, 1.807) is 0 Å². The Morgan fingerprint density at radius 2 is 1.56 bits per heavy atom. The van der Waals surface area contributed by atoms with Crippen LogP contribution in [-0.2, 0) is 0 Å². The summed E-state index contributed by atoms with van der Waals surface area (Å²) in [6.07, 6.45) is -4.38. The summed E-state index contributed by atoms with van der Waals surface area (Å²) in [5.41, 5.74) is -1.94. The zero-order chi connectivity index (χ0) is 12.0. The van der Waals surface area contributed by atoms with E-state index in [1.807, 2.05) is 0 Å². The van der Waals surface area contributed by atoms with Gasteiger partial charge in [0.25, 0.3) is 0 Å². The fourth-order valence-corrected chi connectivity index (χ4v) is 1.56. The van der Waals surface area contributed by atoms with Gasteiger partial charge in [-0.05, 0) is 36.0 Å². The van der Waals surface area contributed by atoms with Crippen LogP contribution in [-0.4, -0.2) is 26.7 Å². The molecule has 1 aromatic rings.